The summed E-state index contributed by atoms with van der Waals surface area (Å²) in [5.41, 5.74) is -0.417. The first-order valence-electron chi connectivity index (χ1n) is 7.52. The molecule has 0 N–H and O–H groups in total. The van der Waals surface area contributed by atoms with Crippen molar-refractivity contribution < 1.29 is 17.9 Å². The predicted octanol–water partition coefficient (Wildman–Crippen LogP) is 4.82. The van der Waals surface area contributed by atoms with Crippen molar-refractivity contribution in [3.63, 3.8) is 0 Å². The van der Waals surface area contributed by atoms with Gasteiger partial charge >= 0.3 is 6.18 Å². The average Bonchev–Trinajstić information content (AvgIpc) is 2.52. The van der Waals surface area contributed by atoms with Crippen molar-refractivity contribution in [2.75, 3.05) is 0 Å². The molecule has 0 unspecified atom stereocenters. The van der Waals surface area contributed by atoms with Crippen LogP contribution in [0.4, 0.5) is 13.2 Å². The third kappa shape index (κ3) is 3.51. The Morgan fingerprint density at radius 1 is 1.20 bits per heavy atom. The number of aromatic nitrogens is 1. The van der Waals surface area contributed by atoms with E-state index < -0.39 is 17.3 Å². The van der Waals surface area contributed by atoms with Gasteiger partial charge in [-0.05, 0) is 43.7 Å². The van der Waals surface area contributed by atoms with Crippen LogP contribution in [0.5, 0.6) is 5.75 Å². The number of pyridine rings is 1. The molecule has 1 aromatic carbocycles. The van der Waals surface area contributed by atoms with E-state index in [0.717, 1.165) is 17.7 Å². The molecule has 2 aromatic rings. The maximum absolute atomic E-state index is 13.1. The number of hydrogen-bond acceptors (Lipinski definition) is 2. The molecule has 0 saturated carbocycles. The van der Waals surface area contributed by atoms with Gasteiger partial charge in [-0.15, -0.1) is 0 Å². The maximum Gasteiger partial charge on any atom is 0.416 e. The molecule has 1 aromatic heterocycles. The fraction of sp³-hybridized carbons (Fsp3) is 0.278. The second-order valence-corrected chi connectivity index (χ2v) is 6.88. The van der Waals surface area contributed by atoms with Crippen molar-refractivity contribution in [3.8, 4) is 5.75 Å². The summed E-state index contributed by atoms with van der Waals surface area (Å²) in [6, 6.07) is 6.37. The number of nitrogens with zero attached hydrogens (tertiary/aromatic N) is 1. The molecule has 0 saturated heterocycles. The quantitative estimate of drug-likeness (QED) is 0.660. The van der Waals surface area contributed by atoms with Crippen LogP contribution >= 0.6 is 15.9 Å². The lowest BCUT2D eigenvalue weighted by Gasteiger charge is -2.32. The third-order valence-corrected chi connectivity index (χ3v) is 4.47. The van der Waals surface area contributed by atoms with Gasteiger partial charge in [-0.3, -0.25) is 9.36 Å². The summed E-state index contributed by atoms with van der Waals surface area (Å²) in [4.78, 5) is 12.3. The second-order valence-electron chi connectivity index (χ2n) is 6.32. The van der Waals surface area contributed by atoms with Crippen LogP contribution in [0.25, 0.3) is 5.70 Å². The van der Waals surface area contributed by atoms with Gasteiger partial charge in [0.2, 0.25) is 0 Å². The molecule has 0 spiro atoms. The highest BCUT2D eigenvalue weighted by Crippen LogP contribution is 2.40. The van der Waals surface area contributed by atoms with Gasteiger partial charge in [-0.2, -0.15) is 13.2 Å². The highest BCUT2D eigenvalue weighted by Gasteiger charge is 2.34. The van der Waals surface area contributed by atoms with Gasteiger partial charge in [0, 0.05) is 23.2 Å². The van der Waals surface area contributed by atoms with Crippen LogP contribution in [0.1, 0.15) is 30.5 Å². The van der Waals surface area contributed by atoms with E-state index in [1.165, 1.54) is 16.7 Å². The molecule has 0 fully saturated rings. The summed E-state index contributed by atoms with van der Waals surface area (Å²) < 4.78 is 46.4. The second kappa shape index (κ2) is 6.05. The van der Waals surface area contributed by atoms with Gasteiger partial charge < -0.3 is 4.74 Å². The first kappa shape index (κ1) is 17.8. The summed E-state index contributed by atoms with van der Waals surface area (Å²) >= 11 is 3.32. The number of rotatable bonds is 2. The molecule has 3 rings (SSSR count). The highest BCUT2D eigenvalue weighted by atomic mass is 79.9. The van der Waals surface area contributed by atoms with Crippen molar-refractivity contribution in [2.24, 2.45) is 0 Å². The Morgan fingerprint density at radius 2 is 1.92 bits per heavy atom. The van der Waals surface area contributed by atoms with Crippen molar-refractivity contribution in [3.05, 3.63) is 69.6 Å². The molecule has 0 aliphatic carbocycles. The Hall–Kier alpha value is -2.02. The summed E-state index contributed by atoms with van der Waals surface area (Å²) in [7, 11) is 0. The Kier molecular flexibility index (Phi) is 4.31. The van der Waals surface area contributed by atoms with Crippen molar-refractivity contribution in [1.82, 2.24) is 4.57 Å². The smallest absolute Gasteiger partial charge is 0.416 e. The van der Waals surface area contributed by atoms with Crippen LogP contribution in [-0.4, -0.2) is 10.2 Å². The van der Waals surface area contributed by atoms with Gasteiger partial charge in [-0.25, -0.2) is 0 Å². The van der Waals surface area contributed by atoms with Crippen LogP contribution in [0.3, 0.4) is 0 Å². The normalized spacial score (nSPS) is 16.0. The molecule has 0 radical (unpaired) electrons. The van der Waals surface area contributed by atoms with E-state index >= 15 is 0 Å². The number of ether oxygens (including phenoxy) is 1. The minimum absolute atomic E-state index is 0.239. The Bertz CT molecular complexity index is 913. The van der Waals surface area contributed by atoms with Gasteiger partial charge in [0.1, 0.15) is 11.4 Å². The molecular formula is C18H15BrF3NO2. The molecule has 2 heterocycles. The first-order valence-corrected chi connectivity index (χ1v) is 8.64. The molecule has 0 amide bonds. The third-order valence-electron chi connectivity index (χ3n) is 3.83. The summed E-state index contributed by atoms with van der Waals surface area (Å²) in [5.74, 6) is 0.312. The summed E-state index contributed by atoms with van der Waals surface area (Å²) in [6.45, 7) is 3.57. The number of fused-ring (bicyclic) bond motifs is 1. The lowest BCUT2D eigenvalue weighted by molar-refractivity contribution is -0.137. The van der Waals surface area contributed by atoms with Crippen LogP contribution in [0, 0.1) is 0 Å². The van der Waals surface area contributed by atoms with Gasteiger partial charge in [0.25, 0.3) is 5.56 Å². The topological polar surface area (TPSA) is 31.2 Å². The van der Waals surface area contributed by atoms with E-state index in [2.05, 4.69) is 15.9 Å². The molecule has 1 aliphatic rings. The van der Waals surface area contributed by atoms with Crippen LogP contribution in [-0.2, 0) is 11.5 Å². The summed E-state index contributed by atoms with van der Waals surface area (Å²) in [6.07, 6.45) is -1.20. The van der Waals surface area contributed by atoms with E-state index in [0.29, 0.717) is 16.8 Å². The van der Waals surface area contributed by atoms with Crippen LogP contribution in [0.2, 0.25) is 0 Å². The predicted molar refractivity (Wildman–Crippen MR) is 92.9 cm³/mol. The average molecular weight is 414 g/mol. The summed E-state index contributed by atoms with van der Waals surface area (Å²) in [5, 5.41) is 0.524. The SMILES string of the molecule is CC1(C)C=C(n2cc(CBr)ccc2=O)c2cc(C(F)(F)F)ccc2O1. The Labute approximate surface area is 150 Å². The van der Waals surface area contributed by atoms with Crippen molar-refractivity contribution in [2.45, 2.75) is 31.0 Å². The van der Waals surface area contributed by atoms with Crippen molar-refractivity contribution in [1.29, 1.82) is 0 Å². The Balaban J connectivity index is 2.26. The van der Waals surface area contributed by atoms with E-state index in [1.54, 1.807) is 32.2 Å². The molecule has 1 aliphatic heterocycles. The largest absolute Gasteiger partial charge is 0.483 e. The number of benzene rings is 1. The Morgan fingerprint density at radius 3 is 2.56 bits per heavy atom. The molecule has 7 heteroatoms. The van der Waals surface area contributed by atoms with E-state index in [4.69, 9.17) is 4.74 Å². The van der Waals surface area contributed by atoms with Crippen molar-refractivity contribution >= 4 is 21.6 Å². The monoisotopic (exact) mass is 413 g/mol. The zero-order valence-electron chi connectivity index (χ0n) is 13.5. The lowest BCUT2D eigenvalue weighted by atomic mass is 9.97. The first-order chi connectivity index (χ1) is 11.6. The minimum atomic E-state index is -4.48. The zero-order valence-corrected chi connectivity index (χ0v) is 15.1. The van der Waals surface area contributed by atoms with Crippen LogP contribution < -0.4 is 10.3 Å². The highest BCUT2D eigenvalue weighted by molar-refractivity contribution is 9.08. The van der Waals surface area contributed by atoms with Gasteiger partial charge in [0.05, 0.1) is 11.3 Å². The fourth-order valence-electron chi connectivity index (χ4n) is 2.71. The molecule has 0 bridgehead atoms. The zero-order chi connectivity index (χ0) is 18.4. The van der Waals surface area contributed by atoms with Gasteiger partial charge in [0.15, 0.2) is 0 Å². The molecule has 132 valence electrons. The fourth-order valence-corrected chi connectivity index (χ4v) is 3.04. The molecule has 0 atom stereocenters. The number of hydrogen-bond donors (Lipinski definition) is 0. The van der Waals surface area contributed by atoms with E-state index in [1.807, 2.05) is 0 Å². The minimum Gasteiger partial charge on any atom is -0.483 e. The molecule has 25 heavy (non-hydrogen) atoms. The van der Waals surface area contributed by atoms with Crippen LogP contribution in [0.15, 0.2) is 47.4 Å². The molecule has 3 nitrogen and oxygen atoms in total. The van der Waals surface area contributed by atoms with Gasteiger partial charge in [-0.1, -0.05) is 22.0 Å². The lowest BCUT2D eigenvalue weighted by Crippen LogP contribution is -2.32. The number of halogens is 4. The van der Waals surface area contributed by atoms with E-state index in [9.17, 15) is 18.0 Å². The number of alkyl halides is 4. The maximum atomic E-state index is 13.1. The van der Waals surface area contributed by atoms with E-state index in [-0.39, 0.29) is 11.1 Å². The molecular weight excluding hydrogens is 399 g/mol. The standard InChI is InChI=1S/C18H15BrF3NO2/c1-17(2)8-14(23-10-11(9-19)3-6-16(23)24)13-7-12(18(20,21)22)4-5-15(13)25-17/h3-8,10H,9H2,1-2H3.